The standard InChI is InChI=1S/C24H29Cl2N3O6S2/c1-4-35-14-11-29-22-20(26)15-18(25)16-21(22)36-24(29)27-23(30)17-5-7-19(8-6-17)37(31,32)28(9-12-33-2)10-13-34-3/h5-8,15-16H,4,9-14H2,1-3H3. The van der Waals surface area contributed by atoms with Gasteiger partial charge in [0.1, 0.15) is 0 Å². The second-order valence-corrected chi connectivity index (χ2v) is 11.6. The predicted octanol–water partition coefficient (Wildman–Crippen LogP) is 4.07. The fraction of sp³-hybridized carbons (Fsp3) is 0.417. The van der Waals surface area contributed by atoms with E-state index < -0.39 is 15.9 Å². The van der Waals surface area contributed by atoms with Crippen molar-refractivity contribution in [2.75, 3.05) is 53.7 Å². The number of carbonyl (C=O) groups is 1. The van der Waals surface area contributed by atoms with Crippen molar-refractivity contribution in [1.82, 2.24) is 8.87 Å². The van der Waals surface area contributed by atoms with Crippen LogP contribution in [0.5, 0.6) is 0 Å². The number of hydrogen-bond donors (Lipinski definition) is 0. The molecule has 3 rings (SSSR count). The van der Waals surface area contributed by atoms with E-state index in [9.17, 15) is 13.2 Å². The number of amides is 1. The van der Waals surface area contributed by atoms with Crippen LogP contribution in [0.3, 0.4) is 0 Å². The number of fused-ring (bicyclic) bond motifs is 1. The van der Waals surface area contributed by atoms with Crippen molar-refractivity contribution in [1.29, 1.82) is 0 Å². The maximum absolute atomic E-state index is 13.1. The Labute approximate surface area is 230 Å². The first-order chi connectivity index (χ1) is 17.7. The van der Waals surface area contributed by atoms with E-state index in [4.69, 9.17) is 37.4 Å². The van der Waals surface area contributed by atoms with Gasteiger partial charge in [0.05, 0.1) is 40.0 Å². The number of hydrogen-bond acceptors (Lipinski definition) is 7. The van der Waals surface area contributed by atoms with Crippen molar-refractivity contribution >= 4 is 60.7 Å². The quantitative estimate of drug-likeness (QED) is 0.279. The Balaban J connectivity index is 1.94. The number of sulfonamides is 1. The zero-order valence-corrected chi connectivity index (χ0v) is 23.9. The van der Waals surface area contributed by atoms with Crippen molar-refractivity contribution in [2.45, 2.75) is 18.4 Å². The first-order valence-corrected chi connectivity index (χ1v) is 14.5. The summed E-state index contributed by atoms with van der Waals surface area (Å²) < 4.78 is 45.7. The Morgan fingerprint density at radius 1 is 1.05 bits per heavy atom. The molecule has 1 heterocycles. The minimum Gasteiger partial charge on any atom is -0.383 e. The number of nitrogens with zero attached hydrogens (tertiary/aromatic N) is 3. The largest absolute Gasteiger partial charge is 0.383 e. The van der Waals surface area contributed by atoms with E-state index in [0.29, 0.717) is 34.6 Å². The van der Waals surface area contributed by atoms with Crippen LogP contribution in [0.4, 0.5) is 0 Å². The third-order valence-corrected chi connectivity index (χ3v) is 8.83. The molecular formula is C24H29Cl2N3O6S2. The van der Waals surface area contributed by atoms with Crippen molar-refractivity contribution in [3.05, 3.63) is 56.8 Å². The molecule has 0 atom stereocenters. The molecule has 202 valence electrons. The second-order valence-electron chi connectivity index (χ2n) is 7.80. The molecule has 0 saturated carbocycles. The molecule has 0 saturated heterocycles. The average molecular weight is 591 g/mol. The lowest BCUT2D eigenvalue weighted by atomic mass is 10.2. The SMILES string of the molecule is CCOCCn1c(=NC(=O)c2ccc(S(=O)(=O)N(CCOC)CCOC)cc2)sc2cc(Cl)cc(Cl)c21. The lowest BCUT2D eigenvalue weighted by molar-refractivity contribution is 0.0996. The summed E-state index contributed by atoms with van der Waals surface area (Å²) >= 11 is 13.9. The molecule has 0 aliphatic rings. The Kier molecular flexibility index (Phi) is 11.1. The van der Waals surface area contributed by atoms with Gasteiger partial charge in [-0.1, -0.05) is 34.5 Å². The van der Waals surface area contributed by atoms with E-state index in [1.54, 1.807) is 12.1 Å². The predicted molar refractivity (Wildman–Crippen MR) is 145 cm³/mol. The molecular weight excluding hydrogens is 561 g/mol. The van der Waals surface area contributed by atoms with Gasteiger partial charge in [-0.15, -0.1) is 0 Å². The van der Waals surface area contributed by atoms with Gasteiger partial charge >= 0.3 is 0 Å². The molecule has 1 amide bonds. The van der Waals surface area contributed by atoms with Crippen LogP contribution in [0.15, 0.2) is 46.3 Å². The van der Waals surface area contributed by atoms with Gasteiger partial charge in [0, 0.05) is 51.0 Å². The molecule has 0 N–H and O–H groups in total. The van der Waals surface area contributed by atoms with E-state index >= 15 is 0 Å². The highest BCUT2D eigenvalue weighted by atomic mass is 35.5. The van der Waals surface area contributed by atoms with Crippen molar-refractivity contribution < 1.29 is 27.4 Å². The van der Waals surface area contributed by atoms with Gasteiger partial charge in [-0.2, -0.15) is 9.30 Å². The van der Waals surface area contributed by atoms with Crippen molar-refractivity contribution in [2.24, 2.45) is 4.99 Å². The summed E-state index contributed by atoms with van der Waals surface area (Å²) in [5, 5.41) is 0.931. The van der Waals surface area contributed by atoms with Crippen LogP contribution >= 0.6 is 34.5 Å². The summed E-state index contributed by atoms with van der Waals surface area (Å²) in [6.45, 7) is 4.15. The zero-order valence-electron chi connectivity index (χ0n) is 20.8. The first-order valence-electron chi connectivity index (χ1n) is 11.5. The van der Waals surface area contributed by atoms with E-state index in [2.05, 4.69) is 4.99 Å². The third-order valence-electron chi connectivity index (χ3n) is 5.38. The minimum absolute atomic E-state index is 0.0614. The fourth-order valence-electron chi connectivity index (χ4n) is 3.53. The van der Waals surface area contributed by atoms with Crippen LogP contribution in [0, 0.1) is 0 Å². The molecule has 0 fully saturated rings. The average Bonchev–Trinajstić information content (AvgIpc) is 3.21. The van der Waals surface area contributed by atoms with Crippen LogP contribution < -0.4 is 4.80 Å². The first kappa shape index (κ1) is 29.7. The van der Waals surface area contributed by atoms with Crippen LogP contribution in [0.2, 0.25) is 10.0 Å². The van der Waals surface area contributed by atoms with Gasteiger partial charge < -0.3 is 18.8 Å². The number of ether oxygens (including phenoxy) is 3. The molecule has 0 unspecified atom stereocenters. The Morgan fingerprint density at radius 3 is 2.30 bits per heavy atom. The molecule has 0 radical (unpaired) electrons. The molecule has 0 spiro atoms. The maximum atomic E-state index is 13.1. The van der Waals surface area contributed by atoms with Crippen LogP contribution in [-0.4, -0.2) is 76.9 Å². The minimum atomic E-state index is -3.80. The molecule has 0 bridgehead atoms. The highest BCUT2D eigenvalue weighted by molar-refractivity contribution is 7.89. The number of carbonyl (C=O) groups excluding carboxylic acids is 1. The molecule has 2 aromatic carbocycles. The van der Waals surface area contributed by atoms with E-state index in [-0.39, 0.29) is 36.8 Å². The Hall–Kier alpha value is -1.83. The number of benzene rings is 2. The monoisotopic (exact) mass is 589 g/mol. The third kappa shape index (κ3) is 7.39. The van der Waals surface area contributed by atoms with Gasteiger partial charge in [-0.25, -0.2) is 8.42 Å². The number of methoxy groups -OCH3 is 2. The number of aromatic nitrogens is 1. The summed E-state index contributed by atoms with van der Waals surface area (Å²) in [6.07, 6.45) is 0. The van der Waals surface area contributed by atoms with Gasteiger partial charge in [0.2, 0.25) is 10.0 Å². The van der Waals surface area contributed by atoms with Gasteiger partial charge in [-0.05, 0) is 43.3 Å². The molecule has 37 heavy (non-hydrogen) atoms. The highest BCUT2D eigenvalue weighted by Crippen LogP contribution is 2.29. The van der Waals surface area contributed by atoms with E-state index in [0.717, 1.165) is 10.2 Å². The lowest BCUT2D eigenvalue weighted by Gasteiger charge is -2.21. The molecule has 1 aromatic heterocycles. The molecule has 3 aromatic rings. The molecule has 9 nitrogen and oxygen atoms in total. The van der Waals surface area contributed by atoms with E-state index in [1.165, 1.54) is 54.1 Å². The number of thiazole rings is 1. The molecule has 13 heteroatoms. The highest BCUT2D eigenvalue weighted by Gasteiger charge is 2.24. The molecule has 0 aliphatic carbocycles. The van der Waals surface area contributed by atoms with Crippen LogP contribution in [0.1, 0.15) is 17.3 Å². The van der Waals surface area contributed by atoms with Crippen molar-refractivity contribution in [3.63, 3.8) is 0 Å². The van der Waals surface area contributed by atoms with Crippen LogP contribution in [-0.2, 0) is 30.8 Å². The normalized spacial score (nSPS) is 12.6. The van der Waals surface area contributed by atoms with E-state index in [1.807, 2.05) is 11.5 Å². The summed E-state index contributed by atoms with van der Waals surface area (Å²) in [7, 11) is -0.795. The molecule has 0 aliphatic heterocycles. The van der Waals surface area contributed by atoms with Gasteiger partial charge in [0.15, 0.2) is 4.80 Å². The smallest absolute Gasteiger partial charge is 0.279 e. The topological polar surface area (TPSA) is 99.4 Å². The summed E-state index contributed by atoms with van der Waals surface area (Å²) in [4.78, 5) is 17.9. The van der Waals surface area contributed by atoms with Gasteiger partial charge in [-0.3, -0.25) is 4.79 Å². The summed E-state index contributed by atoms with van der Waals surface area (Å²) in [5.41, 5.74) is 0.966. The fourth-order valence-corrected chi connectivity index (χ4v) is 6.78. The number of rotatable bonds is 13. The lowest BCUT2D eigenvalue weighted by Crippen LogP contribution is -2.36. The number of halogens is 2. The van der Waals surface area contributed by atoms with Gasteiger partial charge in [0.25, 0.3) is 5.91 Å². The van der Waals surface area contributed by atoms with Crippen molar-refractivity contribution in [3.8, 4) is 0 Å². The van der Waals surface area contributed by atoms with Crippen LogP contribution in [0.25, 0.3) is 10.2 Å². The Morgan fingerprint density at radius 2 is 1.70 bits per heavy atom. The summed E-state index contributed by atoms with van der Waals surface area (Å²) in [6, 6.07) is 9.11. The second kappa shape index (κ2) is 13.8. The summed E-state index contributed by atoms with van der Waals surface area (Å²) in [5.74, 6) is -0.515. The maximum Gasteiger partial charge on any atom is 0.279 e. The Bertz CT molecular complexity index is 1380. The zero-order chi connectivity index (χ0) is 27.0.